The molecule has 0 fully saturated rings. The molecule has 0 saturated heterocycles. The van der Waals surface area contributed by atoms with Crippen molar-refractivity contribution in [3.05, 3.63) is 34.3 Å². The van der Waals surface area contributed by atoms with Gasteiger partial charge in [0.25, 0.3) is 5.91 Å². The minimum atomic E-state index is -0.0650. The lowest BCUT2D eigenvalue weighted by Crippen LogP contribution is -2.30. The number of nitrogens with one attached hydrogen (secondary N) is 1. The molecule has 0 spiro atoms. The van der Waals surface area contributed by atoms with E-state index in [1.54, 1.807) is 12.1 Å². The molecule has 1 rings (SSSR count). The SMILES string of the molecule is CCN(CC)CCOCCNC(=O)c1ccc(Br)cc1. The summed E-state index contributed by atoms with van der Waals surface area (Å²) in [6.45, 7) is 9.09. The van der Waals surface area contributed by atoms with Crippen LogP contribution in [0.2, 0.25) is 0 Å². The second-order valence-electron chi connectivity index (χ2n) is 4.40. The van der Waals surface area contributed by atoms with Crippen LogP contribution in [0.4, 0.5) is 0 Å². The van der Waals surface area contributed by atoms with Gasteiger partial charge in [-0.1, -0.05) is 29.8 Å². The molecule has 0 heterocycles. The highest BCUT2D eigenvalue weighted by atomic mass is 79.9. The van der Waals surface area contributed by atoms with Crippen LogP contribution in [0.5, 0.6) is 0 Å². The number of hydrogen-bond donors (Lipinski definition) is 1. The molecule has 0 aliphatic rings. The van der Waals surface area contributed by atoms with Gasteiger partial charge in [-0.3, -0.25) is 4.79 Å². The van der Waals surface area contributed by atoms with Crippen LogP contribution < -0.4 is 5.32 Å². The molecule has 0 radical (unpaired) electrons. The van der Waals surface area contributed by atoms with Crippen molar-refractivity contribution >= 4 is 21.8 Å². The van der Waals surface area contributed by atoms with E-state index in [1.165, 1.54) is 0 Å². The van der Waals surface area contributed by atoms with E-state index >= 15 is 0 Å². The van der Waals surface area contributed by atoms with Gasteiger partial charge in [-0.05, 0) is 37.4 Å². The minimum Gasteiger partial charge on any atom is -0.378 e. The molecule has 1 amide bonds. The van der Waals surface area contributed by atoms with Crippen molar-refractivity contribution < 1.29 is 9.53 Å². The van der Waals surface area contributed by atoms with Crippen molar-refractivity contribution in [2.45, 2.75) is 13.8 Å². The summed E-state index contributed by atoms with van der Waals surface area (Å²) in [5, 5.41) is 2.84. The Hall–Kier alpha value is -0.910. The van der Waals surface area contributed by atoms with Crippen molar-refractivity contribution in [1.29, 1.82) is 0 Å². The van der Waals surface area contributed by atoms with Gasteiger partial charge in [0, 0.05) is 23.1 Å². The van der Waals surface area contributed by atoms with Gasteiger partial charge in [-0.2, -0.15) is 0 Å². The van der Waals surface area contributed by atoms with E-state index in [0.29, 0.717) is 25.3 Å². The van der Waals surface area contributed by atoms with Gasteiger partial charge < -0.3 is 15.0 Å². The van der Waals surface area contributed by atoms with E-state index in [2.05, 4.69) is 40.0 Å². The molecule has 1 aromatic carbocycles. The van der Waals surface area contributed by atoms with E-state index < -0.39 is 0 Å². The number of halogens is 1. The van der Waals surface area contributed by atoms with Gasteiger partial charge >= 0.3 is 0 Å². The second-order valence-corrected chi connectivity index (χ2v) is 5.32. The van der Waals surface area contributed by atoms with E-state index in [1.807, 2.05) is 12.1 Å². The molecular formula is C15H23BrN2O2. The molecule has 0 saturated carbocycles. The Bertz CT molecular complexity index is 391. The van der Waals surface area contributed by atoms with Crippen LogP contribution in [-0.4, -0.2) is 50.2 Å². The van der Waals surface area contributed by atoms with Crippen LogP contribution in [0.25, 0.3) is 0 Å². The summed E-state index contributed by atoms with van der Waals surface area (Å²) in [7, 11) is 0. The van der Waals surface area contributed by atoms with Gasteiger partial charge in [-0.25, -0.2) is 0 Å². The minimum absolute atomic E-state index is 0.0650. The summed E-state index contributed by atoms with van der Waals surface area (Å²) in [6, 6.07) is 7.30. The van der Waals surface area contributed by atoms with E-state index in [4.69, 9.17) is 4.74 Å². The van der Waals surface area contributed by atoms with Crippen LogP contribution in [0.3, 0.4) is 0 Å². The Labute approximate surface area is 129 Å². The molecule has 112 valence electrons. The van der Waals surface area contributed by atoms with Crippen molar-refractivity contribution in [2.75, 3.05) is 39.4 Å². The second kappa shape index (κ2) is 9.91. The van der Waals surface area contributed by atoms with Crippen molar-refractivity contribution in [1.82, 2.24) is 10.2 Å². The van der Waals surface area contributed by atoms with Gasteiger partial charge in [0.05, 0.1) is 13.2 Å². The topological polar surface area (TPSA) is 41.6 Å². The number of ether oxygens (including phenoxy) is 1. The molecule has 20 heavy (non-hydrogen) atoms. The molecule has 0 unspecified atom stereocenters. The Morgan fingerprint density at radius 2 is 1.85 bits per heavy atom. The van der Waals surface area contributed by atoms with E-state index in [9.17, 15) is 4.79 Å². The van der Waals surface area contributed by atoms with Crippen LogP contribution in [0, 0.1) is 0 Å². The fourth-order valence-electron chi connectivity index (χ4n) is 1.78. The molecular weight excluding hydrogens is 320 g/mol. The van der Waals surface area contributed by atoms with Crippen LogP contribution in [0.1, 0.15) is 24.2 Å². The molecule has 0 aromatic heterocycles. The molecule has 0 atom stereocenters. The Morgan fingerprint density at radius 3 is 2.45 bits per heavy atom. The fraction of sp³-hybridized carbons (Fsp3) is 0.533. The number of hydrogen-bond acceptors (Lipinski definition) is 3. The average molecular weight is 343 g/mol. The molecule has 1 aromatic rings. The maximum absolute atomic E-state index is 11.8. The summed E-state index contributed by atoms with van der Waals surface area (Å²) < 4.78 is 6.48. The summed E-state index contributed by atoms with van der Waals surface area (Å²) in [6.07, 6.45) is 0. The normalized spacial score (nSPS) is 10.8. The number of benzene rings is 1. The zero-order valence-electron chi connectivity index (χ0n) is 12.2. The zero-order valence-corrected chi connectivity index (χ0v) is 13.8. The highest BCUT2D eigenvalue weighted by molar-refractivity contribution is 9.10. The van der Waals surface area contributed by atoms with Crippen molar-refractivity contribution in [3.8, 4) is 0 Å². The number of carbonyl (C=O) groups excluding carboxylic acids is 1. The molecule has 0 aliphatic carbocycles. The molecule has 0 bridgehead atoms. The first kappa shape index (κ1) is 17.1. The number of amides is 1. The predicted molar refractivity (Wildman–Crippen MR) is 85.1 cm³/mol. The molecule has 5 heteroatoms. The van der Waals surface area contributed by atoms with E-state index in [0.717, 1.165) is 24.1 Å². The third kappa shape index (κ3) is 6.50. The maximum Gasteiger partial charge on any atom is 0.251 e. The Kier molecular flexibility index (Phi) is 8.49. The quantitative estimate of drug-likeness (QED) is 0.701. The molecule has 4 nitrogen and oxygen atoms in total. The predicted octanol–water partition coefficient (Wildman–Crippen LogP) is 2.54. The average Bonchev–Trinajstić information content (AvgIpc) is 2.47. The lowest BCUT2D eigenvalue weighted by Gasteiger charge is -2.17. The number of nitrogens with zero attached hydrogens (tertiary/aromatic N) is 1. The third-order valence-electron chi connectivity index (χ3n) is 3.08. The van der Waals surface area contributed by atoms with Crippen LogP contribution in [-0.2, 0) is 4.74 Å². The monoisotopic (exact) mass is 342 g/mol. The highest BCUT2D eigenvalue weighted by Gasteiger charge is 2.04. The van der Waals surface area contributed by atoms with Crippen molar-refractivity contribution in [3.63, 3.8) is 0 Å². The number of likely N-dealkylation sites (N-methyl/N-ethyl adjacent to an activating group) is 1. The summed E-state index contributed by atoms with van der Waals surface area (Å²) in [5.41, 5.74) is 0.663. The van der Waals surface area contributed by atoms with Crippen LogP contribution in [0.15, 0.2) is 28.7 Å². The Morgan fingerprint density at radius 1 is 1.20 bits per heavy atom. The maximum atomic E-state index is 11.8. The zero-order chi connectivity index (χ0) is 14.8. The van der Waals surface area contributed by atoms with Gasteiger partial charge in [0.2, 0.25) is 0 Å². The first-order valence-electron chi connectivity index (χ1n) is 7.01. The largest absolute Gasteiger partial charge is 0.378 e. The van der Waals surface area contributed by atoms with Gasteiger partial charge in [-0.15, -0.1) is 0 Å². The lowest BCUT2D eigenvalue weighted by atomic mass is 10.2. The van der Waals surface area contributed by atoms with Gasteiger partial charge in [0.15, 0.2) is 0 Å². The summed E-state index contributed by atoms with van der Waals surface area (Å²) in [5.74, 6) is -0.0650. The first-order chi connectivity index (χ1) is 9.67. The van der Waals surface area contributed by atoms with E-state index in [-0.39, 0.29) is 5.91 Å². The van der Waals surface area contributed by atoms with Crippen molar-refractivity contribution in [2.24, 2.45) is 0 Å². The Balaban J connectivity index is 2.12. The summed E-state index contributed by atoms with van der Waals surface area (Å²) in [4.78, 5) is 14.1. The lowest BCUT2D eigenvalue weighted by molar-refractivity contribution is 0.0884. The third-order valence-corrected chi connectivity index (χ3v) is 3.61. The smallest absolute Gasteiger partial charge is 0.251 e. The number of carbonyl (C=O) groups is 1. The van der Waals surface area contributed by atoms with Crippen LogP contribution >= 0.6 is 15.9 Å². The summed E-state index contributed by atoms with van der Waals surface area (Å²) >= 11 is 3.34. The highest BCUT2D eigenvalue weighted by Crippen LogP contribution is 2.10. The molecule has 1 N–H and O–H groups in total. The van der Waals surface area contributed by atoms with Gasteiger partial charge in [0.1, 0.15) is 0 Å². The number of rotatable bonds is 9. The molecule has 0 aliphatic heterocycles. The first-order valence-corrected chi connectivity index (χ1v) is 7.80. The standard InChI is InChI=1S/C15H23BrN2O2/c1-3-18(4-2)10-12-20-11-9-17-15(19)13-5-7-14(16)8-6-13/h5-8H,3-4,9-12H2,1-2H3,(H,17,19). The fourth-order valence-corrected chi connectivity index (χ4v) is 2.04.